The molecule has 1 unspecified atom stereocenters. The summed E-state index contributed by atoms with van der Waals surface area (Å²) in [6, 6.07) is 6.60. The fourth-order valence-corrected chi connectivity index (χ4v) is 4.25. The highest BCUT2D eigenvalue weighted by Crippen LogP contribution is 2.26. The normalized spacial score (nSPS) is 23.3. The number of piperidine rings is 1. The topological polar surface area (TPSA) is 35.5 Å². The standard InChI is InChI=1S/C19H26ClN5/c1-23-7-3-2-4-16(23)13-24-8-10-25(11-9-24)19-17-6-5-15(20)12-18(17)21-14-22-19/h5-6,12,14,16H,2-4,7-11,13H2,1H3. The molecule has 25 heavy (non-hydrogen) atoms. The van der Waals surface area contributed by atoms with Gasteiger partial charge in [0.15, 0.2) is 0 Å². The van der Waals surface area contributed by atoms with Crippen LogP contribution in [0.5, 0.6) is 0 Å². The molecule has 1 aromatic carbocycles. The van der Waals surface area contributed by atoms with Crippen molar-refractivity contribution in [3.05, 3.63) is 29.5 Å². The molecule has 0 bridgehead atoms. The number of fused-ring (bicyclic) bond motifs is 1. The Bertz CT molecular complexity index is 729. The minimum Gasteiger partial charge on any atom is -0.353 e. The van der Waals surface area contributed by atoms with E-state index in [1.807, 2.05) is 18.2 Å². The number of benzene rings is 1. The average molecular weight is 360 g/mol. The van der Waals surface area contributed by atoms with Gasteiger partial charge in [0.1, 0.15) is 12.1 Å². The van der Waals surface area contributed by atoms with Crippen molar-refractivity contribution in [3.63, 3.8) is 0 Å². The lowest BCUT2D eigenvalue weighted by Gasteiger charge is -2.40. The third kappa shape index (κ3) is 3.73. The summed E-state index contributed by atoms with van der Waals surface area (Å²) >= 11 is 6.10. The highest BCUT2D eigenvalue weighted by molar-refractivity contribution is 6.31. The van der Waals surface area contributed by atoms with Gasteiger partial charge < -0.3 is 9.80 Å². The highest BCUT2D eigenvalue weighted by Gasteiger charge is 2.25. The minimum absolute atomic E-state index is 0.721. The Morgan fingerprint density at radius 1 is 1.08 bits per heavy atom. The molecule has 0 amide bonds. The van der Waals surface area contributed by atoms with E-state index in [1.54, 1.807) is 6.33 Å². The summed E-state index contributed by atoms with van der Waals surface area (Å²) in [5, 5.41) is 1.81. The summed E-state index contributed by atoms with van der Waals surface area (Å²) in [7, 11) is 2.28. The van der Waals surface area contributed by atoms with E-state index in [2.05, 4.69) is 31.7 Å². The second kappa shape index (κ2) is 7.44. The smallest absolute Gasteiger partial charge is 0.139 e. The van der Waals surface area contributed by atoms with Gasteiger partial charge in [-0.25, -0.2) is 9.97 Å². The third-order valence-corrected chi connectivity index (χ3v) is 5.87. The number of rotatable bonds is 3. The van der Waals surface area contributed by atoms with Crippen molar-refractivity contribution in [2.75, 3.05) is 51.2 Å². The molecule has 2 aliphatic heterocycles. The van der Waals surface area contributed by atoms with Crippen LogP contribution in [0.4, 0.5) is 5.82 Å². The first-order valence-electron chi connectivity index (χ1n) is 9.28. The Kier molecular flexibility index (Phi) is 5.06. The van der Waals surface area contributed by atoms with E-state index in [4.69, 9.17) is 11.6 Å². The molecule has 2 saturated heterocycles. The summed E-state index contributed by atoms with van der Waals surface area (Å²) in [5.74, 6) is 1.04. The number of anilines is 1. The zero-order valence-corrected chi connectivity index (χ0v) is 15.6. The van der Waals surface area contributed by atoms with E-state index in [1.165, 1.54) is 32.4 Å². The first kappa shape index (κ1) is 17.0. The van der Waals surface area contributed by atoms with E-state index in [9.17, 15) is 0 Å². The number of piperazine rings is 1. The lowest BCUT2D eigenvalue weighted by molar-refractivity contribution is 0.124. The molecule has 4 rings (SSSR count). The van der Waals surface area contributed by atoms with Crippen molar-refractivity contribution in [1.82, 2.24) is 19.8 Å². The molecule has 1 aromatic heterocycles. The van der Waals surface area contributed by atoms with Gasteiger partial charge >= 0.3 is 0 Å². The number of halogens is 1. The van der Waals surface area contributed by atoms with Gasteiger partial charge in [-0.2, -0.15) is 0 Å². The summed E-state index contributed by atoms with van der Waals surface area (Å²) in [4.78, 5) is 16.5. The second-order valence-corrected chi connectivity index (χ2v) is 7.71. The largest absolute Gasteiger partial charge is 0.353 e. The zero-order chi connectivity index (χ0) is 17.2. The van der Waals surface area contributed by atoms with E-state index in [0.717, 1.165) is 54.0 Å². The van der Waals surface area contributed by atoms with E-state index in [0.29, 0.717) is 0 Å². The number of hydrogen-bond donors (Lipinski definition) is 0. The molecule has 134 valence electrons. The fraction of sp³-hybridized carbons (Fsp3) is 0.579. The van der Waals surface area contributed by atoms with Crippen molar-refractivity contribution in [2.24, 2.45) is 0 Å². The lowest BCUT2D eigenvalue weighted by Crippen LogP contribution is -2.52. The molecule has 2 aromatic rings. The predicted molar refractivity (Wildman–Crippen MR) is 103 cm³/mol. The number of hydrogen-bond acceptors (Lipinski definition) is 5. The number of likely N-dealkylation sites (tertiary alicyclic amines) is 1. The lowest BCUT2D eigenvalue weighted by atomic mass is 10.0. The Morgan fingerprint density at radius 3 is 2.72 bits per heavy atom. The monoisotopic (exact) mass is 359 g/mol. The summed E-state index contributed by atoms with van der Waals surface area (Å²) in [6.45, 7) is 6.69. The van der Waals surface area contributed by atoms with E-state index < -0.39 is 0 Å². The van der Waals surface area contributed by atoms with Crippen LogP contribution in [0, 0.1) is 0 Å². The van der Waals surface area contributed by atoms with Gasteiger partial charge in [-0.3, -0.25) is 4.90 Å². The Morgan fingerprint density at radius 2 is 1.92 bits per heavy atom. The summed E-state index contributed by atoms with van der Waals surface area (Å²) < 4.78 is 0. The molecular weight excluding hydrogens is 334 g/mol. The Labute approximate surface area is 154 Å². The molecule has 3 heterocycles. The average Bonchev–Trinajstić information content (AvgIpc) is 2.63. The molecule has 2 aliphatic rings. The van der Waals surface area contributed by atoms with Gasteiger partial charge in [-0.15, -0.1) is 0 Å². The molecule has 0 radical (unpaired) electrons. The third-order valence-electron chi connectivity index (χ3n) is 5.64. The van der Waals surface area contributed by atoms with Crippen LogP contribution in [-0.2, 0) is 0 Å². The molecule has 0 saturated carbocycles. The maximum atomic E-state index is 6.10. The maximum Gasteiger partial charge on any atom is 0.139 e. The van der Waals surface area contributed by atoms with Crippen molar-refractivity contribution >= 4 is 28.3 Å². The van der Waals surface area contributed by atoms with Gasteiger partial charge in [0, 0.05) is 49.2 Å². The number of nitrogens with zero attached hydrogens (tertiary/aromatic N) is 5. The highest BCUT2D eigenvalue weighted by atomic mass is 35.5. The zero-order valence-electron chi connectivity index (χ0n) is 14.9. The SMILES string of the molecule is CN1CCCCC1CN1CCN(c2ncnc3cc(Cl)ccc23)CC1. The molecular formula is C19H26ClN5. The van der Waals surface area contributed by atoms with Crippen LogP contribution in [0.2, 0.25) is 5.02 Å². The summed E-state index contributed by atoms with van der Waals surface area (Å²) in [5.41, 5.74) is 0.920. The van der Waals surface area contributed by atoms with E-state index >= 15 is 0 Å². The van der Waals surface area contributed by atoms with Crippen LogP contribution in [0.3, 0.4) is 0 Å². The Balaban J connectivity index is 1.42. The molecule has 2 fully saturated rings. The molecule has 0 spiro atoms. The van der Waals surface area contributed by atoms with Crippen LogP contribution in [0.15, 0.2) is 24.5 Å². The molecule has 0 N–H and O–H groups in total. The van der Waals surface area contributed by atoms with Gasteiger partial charge in [0.2, 0.25) is 0 Å². The quantitative estimate of drug-likeness (QED) is 0.842. The predicted octanol–water partition coefficient (Wildman–Crippen LogP) is 2.89. The van der Waals surface area contributed by atoms with Crippen molar-refractivity contribution < 1.29 is 0 Å². The summed E-state index contributed by atoms with van der Waals surface area (Å²) in [6.07, 6.45) is 5.72. The fourth-order valence-electron chi connectivity index (χ4n) is 4.08. The van der Waals surface area contributed by atoms with Crippen LogP contribution >= 0.6 is 11.6 Å². The maximum absolute atomic E-state index is 6.10. The molecule has 0 aliphatic carbocycles. The van der Waals surface area contributed by atoms with Crippen molar-refractivity contribution in [3.8, 4) is 0 Å². The number of aromatic nitrogens is 2. The number of likely N-dealkylation sites (N-methyl/N-ethyl adjacent to an activating group) is 1. The Hall–Kier alpha value is -1.43. The van der Waals surface area contributed by atoms with Crippen molar-refractivity contribution in [1.29, 1.82) is 0 Å². The molecule has 1 atom stereocenters. The van der Waals surface area contributed by atoms with Crippen molar-refractivity contribution in [2.45, 2.75) is 25.3 Å². The minimum atomic E-state index is 0.721. The second-order valence-electron chi connectivity index (χ2n) is 7.28. The first-order valence-corrected chi connectivity index (χ1v) is 9.66. The van der Waals surface area contributed by atoms with Crippen LogP contribution in [0.1, 0.15) is 19.3 Å². The van der Waals surface area contributed by atoms with Gasteiger partial charge in [0.05, 0.1) is 5.52 Å². The van der Waals surface area contributed by atoms with Crippen LogP contribution in [-0.4, -0.2) is 72.1 Å². The van der Waals surface area contributed by atoms with Gasteiger partial charge in [-0.05, 0) is 44.6 Å². The van der Waals surface area contributed by atoms with Crippen LogP contribution < -0.4 is 4.90 Å². The first-order chi connectivity index (χ1) is 12.2. The molecule has 6 heteroatoms. The molecule has 5 nitrogen and oxygen atoms in total. The van der Waals surface area contributed by atoms with E-state index in [-0.39, 0.29) is 0 Å². The van der Waals surface area contributed by atoms with Crippen LogP contribution in [0.25, 0.3) is 10.9 Å². The van der Waals surface area contributed by atoms with Gasteiger partial charge in [0.25, 0.3) is 0 Å². The van der Waals surface area contributed by atoms with Gasteiger partial charge in [-0.1, -0.05) is 18.0 Å².